The number of carboxylic acid groups (broad SMARTS) is 1. The van der Waals surface area contributed by atoms with E-state index < -0.39 is 5.97 Å². The number of carbonyl (C=O) groups is 2. The molecular formula is C15H24N2O3. The normalized spacial score (nSPS) is 11.3. The van der Waals surface area contributed by atoms with E-state index in [2.05, 4.69) is 25.8 Å². The first-order valence-corrected chi connectivity index (χ1v) is 6.97. The minimum atomic E-state index is -0.989. The second-order valence-electron chi connectivity index (χ2n) is 5.45. The first-order chi connectivity index (χ1) is 9.32. The summed E-state index contributed by atoms with van der Waals surface area (Å²) in [5, 5.41) is 9.14. The SMILES string of the molecule is CC(=O)c1cc(C(=O)O)n(CCCCN(C)C(C)C)c1. The Balaban J connectivity index is 2.59. The average molecular weight is 280 g/mol. The van der Waals surface area contributed by atoms with Gasteiger partial charge in [-0.2, -0.15) is 0 Å². The predicted molar refractivity (Wildman–Crippen MR) is 78.4 cm³/mol. The molecule has 0 aliphatic rings. The number of unbranched alkanes of at least 4 members (excludes halogenated alkanes) is 1. The maximum absolute atomic E-state index is 11.3. The Hall–Kier alpha value is -1.62. The van der Waals surface area contributed by atoms with Gasteiger partial charge < -0.3 is 14.6 Å². The molecule has 0 radical (unpaired) electrons. The lowest BCUT2D eigenvalue weighted by Crippen LogP contribution is -2.27. The number of Topliss-reactive ketones (excluding diaryl/α,β-unsaturated/α-hetero) is 1. The number of rotatable bonds is 8. The molecule has 20 heavy (non-hydrogen) atoms. The van der Waals surface area contributed by atoms with Crippen LogP contribution in [0.2, 0.25) is 0 Å². The number of hydrogen-bond donors (Lipinski definition) is 1. The van der Waals surface area contributed by atoms with Crippen LogP contribution in [-0.2, 0) is 6.54 Å². The van der Waals surface area contributed by atoms with Crippen molar-refractivity contribution in [1.29, 1.82) is 0 Å². The molecule has 0 aliphatic carbocycles. The molecule has 1 aromatic rings. The summed E-state index contributed by atoms with van der Waals surface area (Å²) < 4.78 is 1.66. The van der Waals surface area contributed by atoms with E-state index in [1.54, 1.807) is 10.8 Å². The molecule has 0 spiro atoms. The van der Waals surface area contributed by atoms with E-state index >= 15 is 0 Å². The first-order valence-electron chi connectivity index (χ1n) is 6.97. The minimum Gasteiger partial charge on any atom is -0.477 e. The molecule has 0 aromatic carbocycles. The van der Waals surface area contributed by atoms with Crippen molar-refractivity contribution in [3.63, 3.8) is 0 Å². The van der Waals surface area contributed by atoms with Gasteiger partial charge in [-0.15, -0.1) is 0 Å². The molecule has 0 aliphatic heterocycles. The third-order valence-electron chi connectivity index (χ3n) is 3.56. The fourth-order valence-electron chi connectivity index (χ4n) is 1.97. The topological polar surface area (TPSA) is 62.5 Å². The van der Waals surface area contributed by atoms with Crippen molar-refractivity contribution < 1.29 is 14.7 Å². The summed E-state index contributed by atoms with van der Waals surface area (Å²) in [4.78, 5) is 24.7. The highest BCUT2D eigenvalue weighted by molar-refractivity contribution is 5.97. The Labute approximate surface area is 120 Å². The summed E-state index contributed by atoms with van der Waals surface area (Å²) >= 11 is 0. The van der Waals surface area contributed by atoms with Gasteiger partial charge >= 0.3 is 5.97 Å². The molecule has 1 N–H and O–H groups in total. The quantitative estimate of drug-likeness (QED) is 0.587. The monoisotopic (exact) mass is 280 g/mol. The number of hydrogen-bond acceptors (Lipinski definition) is 3. The van der Waals surface area contributed by atoms with Crippen LogP contribution in [-0.4, -0.2) is 46.0 Å². The smallest absolute Gasteiger partial charge is 0.352 e. The Morgan fingerprint density at radius 3 is 2.50 bits per heavy atom. The summed E-state index contributed by atoms with van der Waals surface area (Å²) in [6, 6.07) is 1.96. The van der Waals surface area contributed by atoms with E-state index in [4.69, 9.17) is 5.11 Å². The van der Waals surface area contributed by atoms with Gasteiger partial charge in [0.25, 0.3) is 0 Å². The van der Waals surface area contributed by atoms with E-state index in [1.165, 1.54) is 13.0 Å². The zero-order valence-corrected chi connectivity index (χ0v) is 12.7. The largest absolute Gasteiger partial charge is 0.477 e. The zero-order chi connectivity index (χ0) is 15.3. The minimum absolute atomic E-state index is 0.106. The lowest BCUT2D eigenvalue weighted by Gasteiger charge is -2.20. The lowest BCUT2D eigenvalue weighted by atomic mass is 10.2. The van der Waals surface area contributed by atoms with E-state index in [-0.39, 0.29) is 11.5 Å². The van der Waals surface area contributed by atoms with Crippen LogP contribution >= 0.6 is 0 Å². The second-order valence-corrected chi connectivity index (χ2v) is 5.45. The van der Waals surface area contributed by atoms with Gasteiger partial charge in [0.2, 0.25) is 0 Å². The third-order valence-corrected chi connectivity index (χ3v) is 3.56. The van der Waals surface area contributed by atoms with Crippen molar-refractivity contribution in [3.8, 4) is 0 Å². The standard InChI is InChI=1S/C15H24N2O3/c1-11(2)16(4)7-5-6-8-17-10-13(12(3)18)9-14(17)15(19)20/h9-11H,5-8H2,1-4H3,(H,19,20). The maximum Gasteiger partial charge on any atom is 0.352 e. The number of aromatic carboxylic acids is 1. The van der Waals surface area contributed by atoms with Crippen molar-refractivity contribution in [2.75, 3.05) is 13.6 Å². The Morgan fingerprint density at radius 2 is 2.00 bits per heavy atom. The summed E-state index contributed by atoms with van der Waals surface area (Å²) in [7, 11) is 2.08. The van der Waals surface area contributed by atoms with Crippen molar-refractivity contribution in [3.05, 3.63) is 23.5 Å². The van der Waals surface area contributed by atoms with Crippen molar-refractivity contribution in [2.45, 2.75) is 46.2 Å². The van der Waals surface area contributed by atoms with Gasteiger partial charge in [0.05, 0.1) is 0 Å². The number of nitrogens with zero attached hydrogens (tertiary/aromatic N) is 2. The highest BCUT2D eigenvalue weighted by atomic mass is 16.4. The van der Waals surface area contributed by atoms with E-state index in [0.29, 0.717) is 18.2 Å². The molecule has 1 rings (SSSR count). The van der Waals surface area contributed by atoms with Crippen molar-refractivity contribution in [1.82, 2.24) is 9.47 Å². The summed E-state index contributed by atoms with van der Waals surface area (Å²) in [5.41, 5.74) is 0.647. The molecule has 0 saturated heterocycles. The van der Waals surface area contributed by atoms with Crippen molar-refractivity contribution >= 4 is 11.8 Å². The Bertz CT molecular complexity index is 477. The molecule has 5 heteroatoms. The molecule has 0 unspecified atom stereocenters. The fourth-order valence-corrected chi connectivity index (χ4v) is 1.97. The Morgan fingerprint density at radius 1 is 1.35 bits per heavy atom. The van der Waals surface area contributed by atoms with Gasteiger partial charge in [-0.05, 0) is 53.3 Å². The number of carboxylic acids is 1. The molecule has 0 bridgehead atoms. The zero-order valence-electron chi connectivity index (χ0n) is 12.7. The van der Waals surface area contributed by atoms with Crippen LogP contribution < -0.4 is 0 Å². The van der Waals surface area contributed by atoms with Crippen LogP contribution in [0.3, 0.4) is 0 Å². The lowest BCUT2D eigenvalue weighted by molar-refractivity contribution is 0.0684. The van der Waals surface area contributed by atoms with Crippen molar-refractivity contribution in [2.24, 2.45) is 0 Å². The molecule has 0 amide bonds. The third kappa shape index (κ3) is 4.49. The molecule has 0 atom stereocenters. The number of ketones is 1. The Kier molecular flexibility index (Phi) is 5.95. The van der Waals surface area contributed by atoms with Gasteiger partial charge in [-0.3, -0.25) is 4.79 Å². The molecular weight excluding hydrogens is 256 g/mol. The van der Waals surface area contributed by atoms with E-state index in [0.717, 1.165) is 19.4 Å². The molecule has 1 heterocycles. The van der Waals surface area contributed by atoms with Gasteiger partial charge in [0.15, 0.2) is 5.78 Å². The number of carbonyl (C=O) groups excluding carboxylic acids is 1. The van der Waals surface area contributed by atoms with Crippen LogP contribution in [0.5, 0.6) is 0 Å². The average Bonchev–Trinajstić information content (AvgIpc) is 2.78. The summed E-state index contributed by atoms with van der Waals surface area (Å²) in [6.07, 6.45) is 3.53. The molecule has 0 fully saturated rings. The van der Waals surface area contributed by atoms with Gasteiger partial charge in [0.1, 0.15) is 5.69 Å². The van der Waals surface area contributed by atoms with Gasteiger partial charge in [0, 0.05) is 24.3 Å². The van der Waals surface area contributed by atoms with Gasteiger partial charge in [-0.1, -0.05) is 0 Å². The van der Waals surface area contributed by atoms with E-state index in [1.807, 2.05) is 0 Å². The van der Waals surface area contributed by atoms with Gasteiger partial charge in [-0.25, -0.2) is 4.79 Å². The molecule has 5 nitrogen and oxygen atoms in total. The number of aromatic nitrogens is 1. The van der Waals surface area contributed by atoms with Crippen LogP contribution in [0.25, 0.3) is 0 Å². The molecule has 112 valence electrons. The van der Waals surface area contributed by atoms with Crippen LogP contribution in [0.1, 0.15) is 54.5 Å². The first kappa shape index (κ1) is 16.4. The summed E-state index contributed by atoms with van der Waals surface area (Å²) in [5.74, 6) is -1.09. The predicted octanol–water partition coefficient (Wildman–Crippen LogP) is 2.51. The fraction of sp³-hybridized carbons (Fsp3) is 0.600. The molecule has 0 saturated carbocycles. The maximum atomic E-state index is 11.3. The number of aryl methyl sites for hydroxylation is 1. The van der Waals surface area contributed by atoms with Crippen LogP contribution in [0.4, 0.5) is 0 Å². The molecule has 1 aromatic heterocycles. The highest BCUT2D eigenvalue weighted by Crippen LogP contribution is 2.11. The summed E-state index contributed by atoms with van der Waals surface area (Å²) in [6.45, 7) is 7.35. The van der Waals surface area contributed by atoms with Crippen LogP contribution in [0, 0.1) is 0 Å². The van der Waals surface area contributed by atoms with E-state index in [9.17, 15) is 9.59 Å². The highest BCUT2D eigenvalue weighted by Gasteiger charge is 2.14. The second kappa shape index (κ2) is 7.24. The van der Waals surface area contributed by atoms with Crippen LogP contribution in [0.15, 0.2) is 12.3 Å².